The molecule has 6 heteroatoms. The summed E-state index contributed by atoms with van der Waals surface area (Å²) in [6.45, 7) is 2.71. The van der Waals surface area contributed by atoms with Gasteiger partial charge >= 0.3 is 0 Å². The minimum absolute atomic E-state index is 0.0179. The van der Waals surface area contributed by atoms with Gasteiger partial charge in [0.2, 0.25) is 5.91 Å². The van der Waals surface area contributed by atoms with Crippen LogP contribution in [0.3, 0.4) is 0 Å². The third-order valence-corrected chi connectivity index (χ3v) is 5.04. The Morgan fingerprint density at radius 2 is 2.25 bits per heavy atom. The smallest absolute Gasteiger partial charge is 0.227 e. The molecule has 0 N–H and O–H groups in total. The van der Waals surface area contributed by atoms with Crippen LogP contribution in [0.4, 0.5) is 0 Å². The highest BCUT2D eigenvalue weighted by atomic mass is 35.5. The number of aromatic nitrogens is 2. The molecule has 1 aromatic heterocycles. The molecule has 0 spiro atoms. The average molecular weight is 348 g/mol. The summed E-state index contributed by atoms with van der Waals surface area (Å²) in [5, 5.41) is 5.01. The van der Waals surface area contributed by atoms with Crippen molar-refractivity contribution in [3.63, 3.8) is 0 Å². The van der Waals surface area contributed by atoms with Gasteiger partial charge in [0, 0.05) is 19.2 Å². The van der Waals surface area contributed by atoms with E-state index in [0.717, 1.165) is 42.0 Å². The number of aryl methyl sites for hydroxylation is 2. The molecule has 1 unspecified atom stereocenters. The normalized spacial score (nSPS) is 17.3. The summed E-state index contributed by atoms with van der Waals surface area (Å²) in [5.41, 5.74) is 2.84. The van der Waals surface area contributed by atoms with Gasteiger partial charge in [0.15, 0.2) is 0 Å². The molecule has 0 aliphatic carbocycles. The Morgan fingerprint density at radius 1 is 1.46 bits per heavy atom. The highest BCUT2D eigenvalue weighted by molar-refractivity contribution is 6.30. The summed E-state index contributed by atoms with van der Waals surface area (Å²) < 4.78 is 6.91. The minimum Gasteiger partial charge on any atom is -0.497 e. The van der Waals surface area contributed by atoms with Crippen molar-refractivity contribution < 1.29 is 9.53 Å². The lowest BCUT2D eigenvalue weighted by atomic mass is 10.0. The topological polar surface area (TPSA) is 47.4 Å². The Kier molecular flexibility index (Phi) is 4.81. The van der Waals surface area contributed by atoms with Crippen molar-refractivity contribution in [1.29, 1.82) is 0 Å². The number of hydrogen-bond donors (Lipinski definition) is 0. The summed E-state index contributed by atoms with van der Waals surface area (Å²) in [5.74, 6) is 0.884. The van der Waals surface area contributed by atoms with Gasteiger partial charge in [-0.2, -0.15) is 5.10 Å². The molecule has 0 bridgehead atoms. The number of rotatable bonds is 4. The second-order valence-electron chi connectivity index (χ2n) is 6.19. The molecule has 128 valence electrons. The quantitative estimate of drug-likeness (QED) is 0.852. The Balaban J connectivity index is 1.81. The van der Waals surface area contributed by atoms with Crippen LogP contribution in [0.1, 0.15) is 35.7 Å². The summed E-state index contributed by atoms with van der Waals surface area (Å²) in [7, 11) is 3.46. The first-order valence-corrected chi connectivity index (χ1v) is 8.50. The van der Waals surface area contributed by atoms with Crippen molar-refractivity contribution in [3.05, 3.63) is 46.2 Å². The Bertz CT molecular complexity index is 757. The zero-order valence-corrected chi connectivity index (χ0v) is 15.0. The zero-order chi connectivity index (χ0) is 17.3. The van der Waals surface area contributed by atoms with E-state index in [1.165, 1.54) is 0 Å². The second kappa shape index (κ2) is 6.85. The fourth-order valence-electron chi connectivity index (χ4n) is 3.45. The molecule has 1 fully saturated rings. The maximum absolute atomic E-state index is 12.8. The number of carbonyl (C=O) groups is 1. The van der Waals surface area contributed by atoms with Gasteiger partial charge in [-0.25, -0.2) is 0 Å². The van der Waals surface area contributed by atoms with E-state index in [1.807, 2.05) is 43.1 Å². The molecule has 1 atom stereocenters. The lowest BCUT2D eigenvalue weighted by Crippen LogP contribution is -2.32. The Morgan fingerprint density at radius 3 is 2.92 bits per heavy atom. The van der Waals surface area contributed by atoms with Crippen LogP contribution in [0, 0.1) is 6.92 Å². The largest absolute Gasteiger partial charge is 0.497 e. The van der Waals surface area contributed by atoms with Crippen LogP contribution in [0.2, 0.25) is 5.15 Å². The predicted octanol–water partition coefficient (Wildman–Crippen LogP) is 3.30. The van der Waals surface area contributed by atoms with Crippen molar-refractivity contribution in [2.45, 2.75) is 32.2 Å². The molecule has 0 radical (unpaired) electrons. The van der Waals surface area contributed by atoms with E-state index >= 15 is 0 Å². The molecule has 1 saturated heterocycles. The van der Waals surface area contributed by atoms with Gasteiger partial charge in [0.05, 0.1) is 25.3 Å². The predicted molar refractivity (Wildman–Crippen MR) is 93.3 cm³/mol. The van der Waals surface area contributed by atoms with Gasteiger partial charge < -0.3 is 9.64 Å². The molecule has 1 aliphatic heterocycles. The van der Waals surface area contributed by atoms with E-state index in [2.05, 4.69) is 5.10 Å². The van der Waals surface area contributed by atoms with Crippen LogP contribution in [0.5, 0.6) is 5.75 Å². The van der Waals surface area contributed by atoms with Gasteiger partial charge in [0.1, 0.15) is 10.9 Å². The number of halogens is 1. The Labute approximate surface area is 147 Å². The number of benzene rings is 1. The molecule has 3 rings (SSSR count). The summed E-state index contributed by atoms with van der Waals surface area (Å²) in [6.07, 6.45) is 2.28. The van der Waals surface area contributed by atoms with E-state index in [1.54, 1.807) is 11.8 Å². The number of nitrogens with zero attached hydrogens (tertiary/aromatic N) is 3. The van der Waals surface area contributed by atoms with Gasteiger partial charge in [-0.05, 0) is 37.5 Å². The zero-order valence-electron chi connectivity index (χ0n) is 14.3. The first-order chi connectivity index (χ1) is 11.5. The monoisotopic (exact) mass is 347 g/mol. The highest BCUT2D eigenvalue weighted by Crippen LogP contribution is 2.37. The number of methoxy groups -OCH3 is 1. The van der Waals surface area contributed by atoms with Crippen LogP contribution >= 0.6 is 11.6 Å². The molecule has 24 heavy (non-hydrogen) atoms. The molecular formula is C18H22ClN3O2. The number of likely N-dealkylation sites (tertiary alicyclic amines) is 1. The fraction of sp³-hybridized carbons (Fsp3) is 0.444. The van der Waals surface area contributed by atoms with Gasteiger partial charge in [-0.3, -0.25) is 9.48 Å². The van der Waals surface area contributed by atoms with E-state index in [4.69, 9.17) is 16.3 Å². The van der Waals surface area contributed by atoms with Crippen molar-refractivity contribution in [1.82, 2.24) is 14.7 Å². The van der Waals surface area contributed by atoms with E-state index in [9.17, 15) is 4.79 Å². The summed E-state index contributed by atoms with van der Waals surface area (Å²) in [4.78, 5) is 14.8. The minimum atomic E-state index is 0.0179. The SMILES string of the molecule is COc1cccc(CC(=O)N2CCCC2c2c(C)nn(C)c2Cl)c1. The van der Waals surface area contributed by atoms with E-state index < -0.39 is 0 Å². The number of amides is 1. The molecule has 1 amide bonds. The lowest BCUT2D eigenvalue weighted by Gasteiger charge is -2.25. The molecular weight excluding hydrogens is 326 g/mol. The van der Waals surface area contributed by atoms with Gasteiger partial charge in [-0.1, -0.05) is 23.7 Å². The second-order valence-corrected chi connectivity index (χ2v) is 6.54. The highest BCUT2D eigenvalue weighted by Gasteiger charge is 2.33. The molecule has 2 aromatic rings. The van der Waals surface area contributed by atoms with Crippen molar-refractivity contribution >= 4 is 17.5 Å². The maximum Gasteiger partial charge on any atom is 0.227 e. The van der Waals surface area contributed by atoms with Crippen LogP contribution in [0.15, 0.2) is 24.3 Å². The fourth-order valence-corrected chi connectivity index (χ4v) is 3.75. The van der Waals surface area contributed by atoms with Gasteiger partial charge in [0.25, 0.3) is 0 Å². The molecule has 1 aromatic carbocycles. The first kappa shape index (κ1) is 16.8. The third kappa shape index (κ3) is 3.13. The number of ether oxygens (including phenoxy) is 1. The van der Waals surface area contributed by atoms with E-state index in [0.29, 0.717) is 11.6 Å². The molecule has 1 aliphatic rings. The first-order valence-electron chi connectivity index (χ1n) is 8.12. The Hall–Kier alpha value is -2.01. The number of hydrogen-bond acceptors (Lipinski definition) is 3. The van der Waals surface area contributed by atoms with Gasteiger partial charge in [-0.15, -0.1) is 0 Å². The summed E-state index contributed by atoms with van der Waals surface area (Å²) >= 11 is 6.41. The number of carbonyl (C=O) groups excluding carboxylic acids is 1. The summed E-state index contributed by atoms with van der Waals surface area (Å²) in [6, 6.07) is 7.67. The van der Waals surface area contributed by atoms with Crippen LogP contribution in [-0.4, -0.2) is 34.2 Å². The van der Waals surface area contributed by atoms with E-state index in [-0.39, 0.29) is 11.9 Å². The molecule has 0 saturated carbocycles. The van der Waals surface area contributed by atoms with Crippen molar-refractivity contribution in [3.8, 4) is 5.75 Å². The molecule has 5 nitrogen and oxygen atoms in total. The third-order valence-electron chi connectivity index (χ3n) is 4.59. The van der Waals surface area contributed by atoms with Crippen LogP contribution < -0.4 is 4.74 Å². The average Bonchev–Trinajstić information content (AvgIpc) is 3.12. The van der Waals surface area contributed by atoms with Crippen molar-refractivity contribution in [2.24, 2.45) is 7.05 Å². The van der Waals surface area contributed by atoms with Crippen LogP contribution in [0.25, 0.3) is 0 Å². The van der Waals surface area contributed by atoms with Crippen LogP contribution in [-0.2, 0) is 18.3 Å². The molecule has 2 heterocycles. The maximum atomic E-state index is 12.8. The lowest BCUT2D eigenvalue weighted by molar-refractivity contribution is -0.131. The van der Waals surface area contributed by atoms with Crippen molar-refractivity contribution in [2.75, 3.05) is 13.7 Å². The standard InChI is InChI=1S/C18H22ClN3O2/c1-12-17(18(19)21(2)20-12)15-8-5-9-22(15)16(23)11-13-6-4-7-14(10-13)24-3/h4,6-7,10,15H,5,8-9,11H2,1-3H3.